The molecule has 0 unspecified atom stereocenters. The number of anilines is 1. The summed E-state index contributed by atoms with van der Waals surface area (Å²) < 4.78 is 43.2. The van der Waals surface area contributed by atoms with Crippen molar-refractivity contribution in [1.82, 2.24) is 10.2 Å². The van der Waals surface area contributed by atoms with Crippen molar-refractivity contribution in [3.8, 4) is 5.75 Å². The largest absolute Gasteiger partial charge is 0.497 e. The molecule has 1 aliphatic heterocycles. The molecule has 0 bridgehead atoms. The Morgan fingerprint density at radius 2 is 1.74 bits per heavy atom. The lowest BCUT2D eigenvalue weighted by Gasteiger charge is -2.36. The second kappa shape index (κ2) is 10.8. The third-order valence-electron chi connectivity index (χ3n) is 5.10. The zero-order valence-corrected chi connectivity index (χ0v) is 18.1. The monoisotopic (exact) mass is 453 g/mol. The molecule has 0 spiro atoms. The molecule has 2 aromatic carbocycles. The number of carbonyl (C=O) groups is 1. The summed E-state index contributed by atoms with van der Waals surface area (Å²) in [6, 6.07) is 13.8. The minimum atomic E-state index is -4.43. The van der Waals surface area contributed by atoms with E-state index >= 15 is 0 Å². The Hall–Kier alpha value is -2.39. The fourth-order valence-corrected chi connectivity index (χ4v) is 4.16. The first-order valence-corrected chi connectivity index (χ1v) is 10.9. The second-order valence-electron chi connectivity index (χ2n) is 7.18. The van der Waals surface area contributed by atoms with E-state index in [1.54, 1.807) is 13.2 Å². The molecule has 0 radical (unpaired) electrons. The van der Waals surface area contributed by atoms with Crippen LogP contribution in [0.5, 0.6) is 5.75 Å². The van der Waals surface area contributed by atoms with Gasteiger partial charge in [0.25, 0.3) is 5.91 Å². The van der Waals surface area contributed by atoms with Gasteiger partial charge in [-0.05, 0) is 61.1 Å². The van der Waals surface area contributed by atoms with E-state index in [1.165, 1.54) is 23.9 Å². The number of nitrogens with zero attached hydrogens (tertiary/aromatic N) is 2. The number of amides is 1. The average Bonchev–Trinajstić information content (AvgIpc) is 2.76. The van der Waals surface area contributed by atoms with Crippen molar-refractivity contribution in [3.63, 3.8) is 0 Å². The number of piperazine rings is 1. The summed E-state index contributed by atoms with van der Waals surface area (Å²) in [5.74, 6) is 0.362. The highest BCUT2D eigenvalue weighted by Crippen LogP contribution is 2.38. The van der Waals surface area contributed by atoms with Crippen molar-refractivity contribution in [2.45, 2.75) is 16.8 Å². The number of alkyl halides is 3. The van der Waals surface area contributed by atoms with E-state index in [1.807, 2.05) is 12.1 Å². The Bertz CT molecular complexity index is 854. The first kappa shape index (κ1) is 23.3. The van der Waals surface area contributed by atoms with E-state index < -0.39 is 11.4 Å². The molecule has 1 fully saturated rings. The number of hydrogen-bond donors (Lipinski definition) is 1. The van der Waals surface area contributed by atoms with Crippen LogP contribution in [0.15, 0.2) is 53.4 Å². The molecule has 9 heteroatoms. The molecule has 0 atom stereocenters. The lowest BCUT2D eigenvalue weighted by Crippen LogP contribution is -2.47. The molecule has 0 saturated carbocycles. The predicted octanol–water partition coefficient (Wildman–Crippen LogP) is 4.25. The van der Waals surface area contributed by atoms with Gasteiger partial charge in [-0.2, -0.15) is 13.2 Å². The van der Waals surface area contributed by atoms with Gasteiger partial charge in [-0.15, -0.1) is 0 Å². The average molecular weight is 454 g/mol. The Labute approximate surface area is 184 Å². The Balaban J connectivity index is 1.39. The number of carbonyl (C=O) groups excluding carboxylic acids is 1. The van der Waals surface area contributed by atoms with Crippen LogP contribution in [0.4, 0.5) is 18.9 Å². The SMILES string of the molecule is COc1ccc(N2CCN(CCCNC(=O)c3ccccc3SC(F)(F)F)CC2)cc1. The number of thioether (sulfide) groups is 1. The zero-order valence-electron chi connectivity index (χ0n) is 17.3. The maximum Gasteiger partial charge on any atom is 0.446 e. The van der Waals surface area contributed by atoms with Crippen LogP contribution in [0.1, 0.15) is 16.8 Å². The maximum absolute atomic E-state index is 12.7. The topological polar surface area (TPSA) is 44.8 Å². The zero-order chi connectivity index (χ0) is 22.3. The highest BCUT2D eigenvalue weighted by atomic mass is 32.2. The third kappa shape index (κ3) is 7.07. The fourth-order valence-electron chi connectivity index (χ4n) is 3.49. The van der Waals surface area contributed by atoms with Gasteiger partial charge in [0.2, 0.25) is 0 Å². The quantitative estimate of drug-likeness (QED) is 0.478. The molecule has 1 amide bonds. The molecule has 31 heavy (non-hydrogen) atoms. The number of rotatable bonds is 8. The molecule has 1 N–H and O–H groups in total. The van der Waals surface area contributed by atoms with Crippen molar-refractivity contribution < 1.29 is 22.7 Å². The van der Waals surface area contributed by atoms with Crippen molar-refractivity contribution in [1.29, 1.82) is 0 Å². The van der Waals surface area contributed by atoms with Crippen molar-refractivity contribution >= 4 is 23.4 Å². The maximum atomic E-state index is 12.7. The fraction of sp³-hybridized carbons (Fsp3) is 0.409. The molecule has 1 heterocycles. The van der Waals surface area contributed by atoms with E-state index in [0.29, 0.717) is 6.54 Å². The van der Waals surface area contributed by atoms with Crippen molar-refractivity contribution in [2.24, 2.45) is 0 Å². The highest BCUT2D eigenvalue weighted by molar-refractivity contribution is 8.00. The van der Waals surface area contributed by atoms with E-state index in [-0.39, 0.29) is 22.2 Å². The van der Waals surface area contributed by atoms with Crippen LogP contribution in [0.25, 0.3) is 0 Å². The number of methoxy groups -OCH3 is 1. The van der Waals surface area contributed by atoms with E-state index in [4.69, 9.17) is 4.74 Å². The molecule has 168 valence electrons. The first-order valence-electron chi connectivity index (χ1n) is 10.1. The molecular formula is C22H26F3N3O2S. The lowest BCUT2D eigenvalue weighted by molar-refractivity contribution is -0.0328. The van der Waals surface area contributed by atoms with E-state index in [9.17, 15) is 18.0 Å². The molecule has 5 nitrogen and oxygen atoms in total. The number of nitrogens with one attached hydrogen (secondary N) is 1. The smallest absolute Gasteiger partial charge is 0.446 e. The standard InChI is InChI=1S/C22H26F3N3O2S/c1-30-18-9-7-17(8-10-18)28-15-13-27(14-16-28)12-4-11-26-21(29)19-5-2-3-6-20(19)31-22(23,24)25/h2-3,5-10H,4,11-16H2,1H3,(H,26,29). The van der Waals surface area contributed by atoms with Crippen LogP contribution in [-0.2, 0) is 0 Å². The van der Waals surface area contributed by atoms with Crippen LogP contribution >= 0.6 is 11.8 Å². The van der Waals surface area contributed by atoms with Gasteiger partial charge in [0.05, 0.1) is 12.7 Å². The summed E-state index contributed by atoms with van der Waals surface area (Å²) in [5.41, 5.74) is -3.20. The summed E-state index contributed by atoms with van der Waals surface area (Å²) in [5, 5.41) is 2.74. The van der Waals surface area contributed by atoms with Gasteiger partial charge in [0.15, 0.2) is 0 Å². The lowest BCUT2D eigenvalue weighted by atomic mass is 10.2. The van der Waals surface area contributed by atoms with Gasteiger partial charge in [-0.1, -0.05) is 12.1 Å². The van der Waals surface area contributed by atoms with Gasteiger partial charge < -0.3 is 15.0 Å². The highest BCUT2D eigenvalue weighted by Gasteiger charge is 2.31. The van der Waals surface area contributed by atoms with Crippen LogP contribution in [-0.4, -0.2) is 62.7 Å². The number of hydrogen-bond acceptors (Lipinski definition) is 5. The predicted molar refractivity (Wildman–Crippen MR) is 117 cm³/mol. The Morgan fingerprint density at radius 1 is 1.06 bits per heavy atom. The molecule has 0 aromatic heterocycles. The third-order valence-corrected chi connectivity index (χ3v) is 5.91. The van der Waals surface area contributed by atoms with Gasteiger partial charge in [0, 0.05) is 43.3 Å². The molecular weight excluding hydrogens is 427 g/mol. The van der Waals surface area contributed by atoms with Crippen molar-refractivity contribution in [3.05, 3.63) is 54.1 Å². The number of halogens is 3. The number of benzene rings is 2. The Kier molecular flexibility index (Phi) is 8.09. The van der Waals surface area contributed by atoms with Gasteiger partial charge >= 0.3 is 5.51 Å². The summed E-state index contributed by atoms with van der Waals surface area (Å²) >= 11 is -0.263. The molecule has 3 rings (SSSR count). The van der Waals surface area contributed by atoms with Crippen LogP contribution < -0.4 is 15.0 Å². The van der Waals surface area contributed by atoms with Crippen LogP contribution in [0, 0.1) is 0 Å². The molecule has 1 aliphatic rings. The minimum Gasteiger partial charge on any atom is -0.497 e. The van der Waals surface area contributed by atoms with Gasteiger partial charge in [-0.25, -0.2) is 0 Å². The normalized spacial score (nSPS) is 15.0. The summed E-state index contributed by atoms with van der Waals surface area (Å²) in [6.45, 7) is 4.93. The van der Waals surface area contributed by atoms with Crippen molar-refractivity contribution in [2.75, 3.05) is 51.3 Å². The second-order valence-corrected chi connectivity index (χ2v) is 8.29. The Morgan fingerprint density at radius 3 is 2.39 bits per heavy atom. The molecule has 2 aromatic rings. The van der Waals surface area contributed by atoms with Gasteiger partial charge in [-0.3, -0.25) is 9.69 Å². The van der Waals surface area contributed by atoms with E-state index in [0.717, 1.165) is 44.9 Å². The van der Waals surface area contributed by atoms with Crippen LogP contribution in [0.3, 0.4) is 0 Å². The summed E-state index contributed by atoms with van der Waals surface area (Å²) in [6.07, 6.45) is 0.739. The summed E-state index contributed by atoms with van der Waals surface area (Å²) in [7, 11) is 1.65. The molecule has 1 saturated heterocycles. The van der Waals surface area contributed by atoms with Gasteiger partial charge in [0.1, 0.15) is 5.75 Å². The number of ether oxygens (including phenoxy) is 1. The molecule has 0 aliphatic carbocycles. The minimum absolute atomic E-state index is 0.0536. The first-order chi connectivity index (χ1) is 14.9. The van der Waals surface area contributed by atoms with E-state index in [2.05, 4.69) is 27.2 Å². The summed E-state index contributed by atoms with van der Waals surface area (Å²) in [4.78, 5) is 16.9. The van der Waals surface area contributed by atoms with Crippen LogP contribution in [0.2, 0.25) is 0 Å².